The normalized spacial score (nSPS) is 20.0. The minimum atomic E-state index is -2.88. The van der Waals surface area contributed by atoms with E-state index in [0.717, 1.165) is 19.5 Å². The summed E-state index contributed by atoms with van der Waals surface area (Å²) in [4.78, 5) is 4.59. The topological polar surface area (TPSA) is 75.5 Å². The fourth-order valence-electron chi connectivity index (χ4n) is 3.19. The number of aromatic nitrogens is 1. The first kappa shape index (κ1) is 17.8. The third kappa shape index (κ3) is 4.75. The summed E-state index contributed by atoms with van der Waals surface area (Å²) >= 11 is 0. The Hall–Kier alpha value is -2.02. The summed E-state index contributed by atoms with van der Waals surface area (Å²) in [5.74, 6) is 1.18. The molecule has 0 amide bonds. The molecule has 7 heteroatoms. The number of fused-ring (bicyclic) bond motifs is 1. The quantitative estimate of drug-likeness (QED) is 0.467. The van der Waals surface area contributed by atoms with E-state index < -0.39 is 9.84 Å². The first-order chi connectivity index (χ1) is 12.1. The smallest absolute Gasteiger partial charge is 0.191 e. The number of nitrogens with one attached hydrogen (secondary N) is 2. The summed E-state index contributed by atoms with van der Waals surface area (Å²) in [7, 11) is -2.88. The van der Waals surface area contributed by atoms with Gasteiger partial charge >= 0.3 is 0 Å². The van der Waals surface area contributed by atoms with Crippen LogP contribution in [0.5, 0.6) is 0 Å². The van der Waals surface area contributed by atoms with E-state index in [2.05, 4.69) is 56.7 Å². The van der Waals surface area contributed by atoms with E-state index in [0.29, 0.717) is 18.9 Å². The molecule has 1 unspecified atom stereocenters. The zero-order chi connectivity index (χ0) is 17.7. The van der Waals surface area contributed by atoms with Crippen LogP contribution in [0.15, 0.2) is 41.5 Å². The van der Waals surface area contributed by atoms with Gasteiger partial charge in [-0.2, -0.15) is 0 Å². The van der Waals surface area contributed by atoms with Crippen molar-refractivity contribution in [3.05, 3.63) is 36.5 Å². The molecule has 136 valence electrons. The van der Waals surface area contributed by atoms with Gasteiger partial charge < -0.3 is 15.2 Å². The molecule has 1 aliphatic rings. The minimum absolute atomic E-state index is 0.0313. The molecule has 0 bridgehead atoms. The van der Waals surface area contributed by atoms with Gasteiger partial charge in [0.2, 0.25) is 0 Å². The predicted molar refractivity (Wildman–Crippen MR) is 103 cm³/mol. The molecule has 1 atom stereocenters. The largest absolute Gasteiger partial charge is 0.357 e. The van der Waals surface area contributed by atoms with Crippen LogP contribution in [0.1, 0.15) is 19.8 Å². The lowest BCUT2D eigenvalue weighted by molar-refractivity contribution is 0.599. The van der Waals surface area contributed by atoms with Crippen LogP contribution in [0.3, 0.4) is 0 Å². The molecule has 0 aliphatic carbocycles. The van der Waals surface area contributed by atoms with Crippen LogP contribution >= 0.6 is 0 Å². The van der Waals surface area contributed by atoms with Crippen molar-refractivity contribution in [2.75, 3.05) is 24.6 Å². The Morgan fingerprint density at radius 3 is 2.92 bits per heavy atom. The average molecular weight is 362 g/mol. The maximum absolute atomic E-state index is 11.6. The molecule has 0 saturated carbocycles. The number of para-hydroxylation sites is 1. The molecule has 0 radical (unpaired) electrons. The molecule has 6 nitrogen and oxygen atoms in total. The molecular weight excluding hydrogens is 336 g/mol. The first-order valence-electron chi connectivity index (χ1n) is 8.86. The van der Waals surface area contributed by atoms with Crippen molar-refractivity contribution in [3.8, 4) is 0 Å². The van der Waals surface area contributed by atoms with Gasteiger partial charge in [0.25, 0.3) is 0 Å². The molecule has 1 aliphatic heterocycles. The van der Waals surface area contributed by atoms with Crippen LogP contribution in [0.4, 0.5) is 0 Å². The standard InChI is InChI=1S/C18H26N4O2S/c1-2-19-18(21-16-9-13-25(23,24)14-16)20-10-5-11-22-12-8-15-6-3-4-7-17(15)22/h3-4,6-8,12,16H,2,5,9-11,13-14H2,1H3,(H2,19,20,21). The van der Waals surface area contributed by atoms with Gasteiger partial charge in [-0.15, -0.1) is 0 Å². The lowest BCUT2D eigenvalue weighted by atomic mass is 10.2. The summed E-state index contributed by atoms with van der Waals surface area (Å²) in [6, 6.07) is 10.5. The maximum Gasteiger partial charge on any atom is 0.191 e. The number of aliphatic imine (C=N–C) groups is 1. The van der Waals surface area contributed by atoms with Crippen molar-refractivity contribution in [2.45, 2.75) is 32.4 Å². The minimum Gasteiger partial charge on any atom is -0.357 e. The molecule has 2 aromatic rings. The number of hydrogen-bond donors (Lipinski definition) is 2. The number of benzene rings is 1. The summed E-state index contributed by atoms with van der Waals surface area (Å²) in [5, 5.41) is 7.70. The van der Waals surface area contributed by atoms with E-state index in [-0.39, 0.29) is 17.5 Å². The number of rotatable bonds is 6. The van der Waals surface area contributed by atoms with E-state index in [4.69, 9.17) is 0 Å². The van der Waals surface area contributed by atoms with Gasteiger partial charge in [-0.25, -0.2) is 8.42 Å². The fraction of sp³-hybridized carbons (Fsp3) is 0.500. The van der Waals surface area contributed by atoms with Crippen molar-refractivity contribution in [2.24, 2.45) is 4.99 Å². The molecule has 0 spiro atoms. The van der Waals surface area contributed by atoms with Crippen molar-refractivity contribution in [1.29, 1.82) is 0 Å². The average Bonchev–Trinajstić information content (AvgIpc) is 3.15. The Labute approximate surface area is 149 Å². The van der Waals surface area contributed by atoms with Gasteiger partial charge in [0.15, 0.2) is 15.8 Å². The third-order valence-electron chi connectivity index (χ3n) is 4.42. The second-order valence-electron chi connectivity index (χ2n) is 6.43. The van der Waals surface area contributed by atoms with Gasteiger partial charge in [0, 0.05) is 37.4 Å². The highest BCUT2D eigenvalue weighted by Crippen LogP contribution is 2.15. The Balaban J connectivity index is 1.53. The van der Waals surface area contributed by atoms with Crippen LogP contribution in [-0.4, -0.2) is 49.6 Å². The van der Waals surface area contributed by atoms with Crippen molar-refractivity contribution in [3.63, 3.8) is 0 Å². The number of hydrogen-bond acceptors (Lipinski definition) is 3. The monoisotopic (exact) mass is 362 g/mol. The molecule has 2 heterocycles. The highest BCUT2D eigenvalue weighted by atomic mass is 32.2. The van der Waals surface area contributed by atoms with Crippen LogP contribution in [0, 0.1) is 0 Å². The van der Waals surface area contributed by atoms with Crippen molar-refractivity contribution in [1.82, 2.24) is 15.2 Å². The molecule has 25 heavy (non-hydrogen) atoms. The lowest BCUT2D eigenvalue weighted by Crippen LogP contribution is -2.44. The Bertz CT molecular complexity index is 842. The van der Waals surface area contributed by atoms with E-state index >= 15 is 0 Å². The molecule has 1 fully saturated rings. The number of guanidine groups is 1. The van der Waals surface area contributed by atoms with Gasteiger partial charge in [-0.1, -0.05) is 18.2 Å². The van der Waals surface area contributed by atoms with Crippen LogP contribution in [0.2, 0.25) is 0 Å². The number of sulfone groups is 1. The number of aryl methyl sites for hydroxylation is 1. The summed E-state index contributed by atoms with van der Waals surface area (Å²) < 4.78 is 25.4. The van der Waals surface area contributed by atoms with Gasteiger partial charge in [-0.05, 0) is 37.3 Å². The predicted octanol–water partition coefficient (Wildman–Crippen LogP) is 1.77. The van der Waals surface area contributed by atoms with Gasteiger partial charge in [-0.3, -0.25) is 4.99 Å². The SMILES string of the molecule is CCNC(=NCCCn1ccc2ccccc21)NC1CCS(=O)(=O)C1. The fourth-order valence-corrected chi connectivity index (χ4v) is 4.86. The molecule has 1 aromatic heterocycles. The summed E-state index contributed by atoms with van der Waals surface area (Å²) in [6.07, 6.45) is 3.70. The van der Waals surface area contributed by atoms with Crippen molar-refractivity contribution < 1.29 is 8.42 Å². The van der Waals surface area contributed by atoms with Crippen LogP contribution in [0.25, 0.3) is 10.9 Å². The van der Waals surface area contributed by atoms with E-state index in [1.165, 1.54) is 10.9 Å². The van der Waals surface area contributed by atoms with E-state index in [1.54, 1.807) is 0 Å². The molecular formula is C18H26N4O2S. The Kier molecular flexibility index (Phi) is 5.63. The lowest BCUT2D eigenvalue weighted by Gasteiger charge is -2.15. The zero-order valence-corrected chi connectivity index (χ0v) is 15.4. The van der Waals surface area contributed by atoms with E-state index in [9.17, 15) is 8.42 Å². The Morgan fingerprint density at radius 1 is 1.32 bits per heavy atom. The molecule has 1 saturated heterocycles. The summed E-state index contributed by atoms with van der Waals surface area (Å²) in [5.41, 5.74) is 1.24. The Morgan fingerprint density at radius 2 is 2.16 bits per heavy atom. The molecule has 1 aromatic carbocycles. The first-order valence-corrected chi connectivity index (χ1v) is 10.7. The van der Waals surface area contributed by atoms with Crippen LogP contribution in [-0.2, 0) is 16.4 Å². The van der Waals surface area contributed by atoms with Crippen molar-refractivity contribution >= 4 is 26.7 Å². The number of nitrogens with zero attached hydrogens (tertiary/aromatic N) is 2. The van der Waals surface area contributed by atoms with Crippen LogP contribution < -0.4 is 10.6 Å². The molecule has 3 rings (SSSR count). The second-order valence-corrected chi connectivity index (χ2v) is 8.66. The van der Waals surface area contributed by atoms with Gasteiger partial charge in [0.1, 0.15) is 0 Å². The van der Waals surface area contributed by atoms with E-state index in [1.807, 2.05) is 6.92 Å². The maximum atomic E-state index is 11.6. The highest BCUT2D eigenvalue weighted by molar-refractivity contribution is 7.91. The highest BCUT2D eigenvalue weighted by Gasteiger charge is 2.28. The van der Waals surface area contributed by atoms with Gasteiger partial charge in [0.05, 0.1) is 11.5 Å². The molecule has 2 N–H and O–H groups in total. The second kappa shape index (κ2) is 7.91. The third-order valence-corrected chi connectivity index (χ3v) is 6.19. The summed E-state index contributed by atoms with van der Waals surface area (Å²) in [6.45, 7) is 4.37. The zero-order valence-electron chi connectivity index (χ0n) is 14.6.